The molecule has 5 heteroatoms. The van der Waals surface area contributed by atoms with Crippen LogP contribution in [0.25, 0.3) is 0 Å². The monoisotopic (exact) mass is 247 g/mol. The molecule has 0 saturated heterocycles. The van der Waals surface area contributed by atoms with Crippen molar-refractivity contribution in [2.75, 3.05) is 25.2 Å². The van der Waals surface area contributed by atoms with Gasteiger partial charge in [-0.3, -0.25) is 19.3 Å². The fourth-order valence-corrected chi connectivity index (χ4v) is 1.95. The van der Waals surface area contributed by atoms with Crippen LogP contribution in [0.5, 0.6) is 0 Å². The maximum Gasteiger partial charge on any atom is 0.299 e. The Hall–Kier alpha value is -2.01. The molecule has 0 unspecified atom stereocenters. The second-order valence-corrected chi connectivity index (χ2v) is 4.21. The zero-order valence-electron chi connectivity index (χ0n) is 10.2. The third kappa shape index (κ3) is 2.04. The average Bonchev–Trinajstić information content (AvgIpc) is 2.55. The van der Waals surface area contributed by atoms with Crippen molar-refractivity contribution in [3.63, 3.8) is 0 Å². The van der Waals surface area contributed by atoms with Gasteiger partial charge in [0.05, 0.1) is 17.8 Å². The largest absolute Gasteiger partial charge is 0.377 e. The molecule has 2 rings (SSSR count). The molecule has 5 nitrogen and oxygen atoms in total. The first-order valence-corrected chi connectivity index (χ1v) is 5.52. The third-order valence-electron chi connectivity index (χ3n) is 2.77. The number of methoxy groups -OCH3 is 1. The highest BCUT2D eigenvalue weighted by Gasteiger charge is 2.36. The number of amides is 1. The predicted octanol–water partition coefficient (Wildman–Crippen LogP) is 0.740. The van der Waals surface area contributed by atoms with E-state index in [9.17, 15) is 14.4 Å². The minimum atomic E-state index is -0.653. The summed E-state index contributed by atoms with van der Waals surface area (Å²) in [5, 5.41) is 0. The van der Waals surface area contributed by atoms with E-state index in [1.807, 2.05) is 6.92 Å². The molecule has 1 aliphatic rings. The van der Waals surface area contributed by atoms with Crippen LogP contribution in [0.3, 0.4) is 0 Å². The quantitative estimate of drug-likeness (QED) is 0.736. The number of hydrogen-bond donors (Lipinski definition) is 0. The Kier molecular flexibility index (Phi) is 3.25. The molecule has 94 valence electrons. The number of nitrogens with zero attached hydrogens (tertiary/aromatic N) is 1. The molecule has 1 amide bonds. The minimum Gasteiger partial charge on any atom is -0.377 e. The van der Waals surface area contributed by atoms with Crippen LogP contribution in [-0.4, -0.2) is 37.7 Å². The first-order valence-electron chi connectivity index (χ1n) is 5.52. The summed E-state index contributed by atoms with van der Waals surface area (Å²) in [4.78, 5) is 36.3. The normalized spacial score (nSPS) is 14.0. The van der Waals surface area contributed by atoms with Crippen molar-refractivity contribution in [2.45, 2.75) is 6.92 Å². The van der Waals surface area contributed by atoms with Crippen LogP contribution in [0.4, 0.5) is 5.69 Å². The summed E-state index contributed by atoms with van der Waals surface area (Å²) in [5.41, 5.74) is 1.77. The lowest BCUT2D eigenvalue weighted by molar-refractivity contribution is -0.123. The molecule has 1 aromatic carbocycles. The van der Waals surface area contributed by atoms with Gasteiger partial charge >= 0.3 is 0 Å². The van der Waals surface area contributed by atoms with Gasteiger partial charge in [0.1, 0.15) is 6.61 Å². The van der Waals surface area contributed by atoms with E-state index in [0.717, 1.165) is 5.56 Å². The highest BCUT2D eigenvalue weighted by molar-refractivity contribution is 6.52. The van der Waals surface area contributed by atoms with Crippen molar-refractivity contribution in [1.82, 2.24) is 0 Å². The summed E-state index contributed by atoms with van der Waals surface area (Å²) in [6, 6.07) is 5.16. The number of hydrogen-bond acceptors (Lipinski definition) is 4. The second-order valence-electron chi connectivity index (χ2n) is 4.21. The topological polar surface area (TPSA) is 63.7 Å². The van der Waals surface area contributed by atoms with Crippen molar-refractivity contribution < 1.29 is 19.1 Å². The Morgan fingerprint density at radius 2 is 2.06 bits per heavy atom. The summed E-state index contributed by atoms with van der Waals surface area (Å²) in [7, 11) is 1.41. The molecular weight excluding hydrogens is 234 g/mol. The molecule has 0 radical (unpaired) electrons. The number of ketones is 2. The van der Waals surface area contributed by atoms with E-state index in [1.54, 1.807) is 18.2 Å². The number of fused-ring (bicyclic) bond motifs is 1. The lowest BCUT2D eigenvalue weighted by Gasteiger charge is -2.15. The van der Waals surface area contributed by atoms with Gasteiger partial charge in [-0.1, -0.05) is 11.6 Å². The van der Waals surface area contributed by atoms with Gasteiger partial charge in [-0.05, 0) is 19.1 Å². The molecule has 0 bridgehead atoms. The summed E-state index contributed by atoms with van der Waals surface area (Å²) in [5.74, 6) is -1.45. The maximum absolute atomic E-state index is 11.8. The van der Waals surface area contributed by atoms with Crippen LogP contribution in [0.2, 0.25) is 0 Å². The fraction of sp³-hybridized carbons (Fsp3) is 0.308. The highest BCUT2D eigenvalue weighted by Crippen LogP contribution is 2.29. The number of carbonyl (C=O) groups is 3. The van der Waals surface area contributed by atoms with E-state index in [4.69, 9.17) is 4.74 Å². The van der Waals surface area contributed by atoms with Crippen LogP contribution in [0.1, 0.15) is 15.9 Å². The van der Waals surface area contributed by atoms with Crippen molar-refractivity contribution >= 4 is 23.2 Å². The van der Waals surface area contributed by atoms with Crippen molar-refractivity contribution in [3.8, 4) is 0 Å². The van der Waals surface area contributed by atoms with Crippen LogP contribution < -0.4 is 4.90 Å². The van der Waals surface area contributed by atoms with Gasteiger partial charge < -0.3 is 4.74 Å². The summed E-state index contributed by atoms with van der Waals surface area (Å²) < 4.78 is 4.71. The van der Waals surface area contributed by atoms with Crippen LogP contribution in [-0.2, 0) is 14.3 Å². The third-order valence-corrected chi connectivity index (χ3v) is 2.77. The molecule has 1 heterocycles. The number of anilines is 1. The zero-order chi connectivity index (χ0) is 13.3. The number of rotatable bonds is 4. The van der Waals surface area contributed by atoms with E-state index in [1.165, 1.54) is 12.0 Å². The molecule has 1 aliphatic heterocycles. The number of benzene rings is 1. The number of Topliss-reactive ketones (excluding diaryl/α,β-unsaturated/α-hetero) is 2. The van der Waals surface area contributed by atoms with Gasteiger partial charge in [-0.25, -0.2) is 0 Å². The molecule has 1 aromatic rings. The lowest BCUT2D eigenvalue weighted by atomic mass is 10.1. The smallest absolute Gasteiger partial charge is 0.299 e. The van der Waals surface area contributed by atoms with E-state index in [2.05, 4.69) is 0 Å². The van der Waals surface area contributed by atoms with Gasteiger partial charge in [0, 0.05) is 7.11 Å². The predicted molar refractivity (Wildman–Crippen MR) is 64.7 cm³/mol. The standard InChI is InChI=1S/C13H13NO4/c1-8-3-4-11-10(5-8)12(16)13(17)14(11)6-9(15)7-18-2/h3-5H,6-7H2,1-2H3. The molecule has 0 saturated carbocycles. The average molecular weight is 247 g/mol. The Balaban J connectivity index is 2.31. The Morgan fingerprint density at radius 3 is 2.72 bits per heavy atom. The first-order chi connectivity index (χ1) is 8.54. The zero-order valence-corrected chi connectivity index (χ0v) is 10.2. The van der Waals surface area contributed by atoms with Gasteiger partial charge in [-0.2, -0.15) is 0 Å². The summed E-state index contributed by atoms with van der Waals surface area (Å²) in [6.45, 7) is 1.64. The van der Waals surface area contributed by atoms with Gasteiger partial charge in [0.15, 0.2) is 5.78 Å². The molecule has 0 atom stereocenters. The van der Waals surface area contributed by atoms with Crippen molar-refractivity contribution in [3.05, 3.63) is 29.3 Å². The molecule has 0 aliphatic carbocycles. The number of ether oxygens (including phenoxy) is 1. The van der Waals surface area contributed by atoms with Gasteiger partial charge in [0.2, 0.25) is 0 Å². The molecule has 0 spiro atoms. The molecule has 0 N–H and O–H groups in total. The molecule has 0 fully saturated rings. The molecule has 18 heavy (non-hydrogen) atoms. The number of carbonyl (C=O) groups excluding carboxylic acids is 3. The second kappa shape index (κ2) is 4.70. The van der Waals surface area contributed by atoms with Crippen molar-refractivity contribution in [1.29, 1.82) is 0 Å². The number of aryl methyl sites for hydroxylation is 1. The highest BCUT2D eigenvalue weighted by atomic mass is 16.5. The van der Waals surface area contributed by atoms with Crippen LogP contribution >= 0.6 is 0 Å². The Morgan fingerprint density at radius 1 is 1.33 bits per heavy atom. The van der Waals surface area contributed by atoms with Gasteiger partial charge in [0.25, 0.3) is 11.7 Å². The van der Waals surface area contributed by atoms with Crippen LogP contribution in [0.15, 0.2) is 18.2 Å². The van der Waals surface area contributed by atoms with Gasteiger partial charge in [-0.15, -0.1) is 0 Å². The lowest BCUT2D eigenvalue weighted by Crippen LogP contribution is -2.35. The minimum absolute atomic E-state index is 0.0703. The fourth-order valence-electron chi connectivity index (χ4n) is 1.95. The van der Waals surface area contributed by atoms with E-state index in [-0.39, 0.29) is 18.9 Å². The Labute approximate surface area is 104 Å². The molecular formula is C13H13NO4. The van der Waals surface area contributed by atoms with E-state index < -0.39 is 11.7 Å². The summed E-state index contributed by atoms with van der Waals surface area (Å²) >= 11 is 0. The Bertz CT molecular complexity index is 536. The van der Waals surface area contributed by atoms with Crippen LogP contribution in [0, 0.1) is 6.92 Å². The molecule has 0 aromatic heterocycles. The van der Waals surface area contributed by atoms with E-state index in [0.29, 0.717) is 11.3 Å². The van der Waals surface area contributed by atoms with E-state index >= 15 is 0 Å². The van der Waals surface area contributed by atoms with Crippen molar-refractivity contribution in [2.24, 2.45) is 0 Å². The summed E-state index contributed by atoms with van der Waals surface area (Å²) in [6.07, 6.45) is 0. The SMILES string of the molecule is COCC(=O)CN1C(=O)C(=O)c2cc(C)ccc21. The maximum atomic E-state index is 11.8. The first kappa shape index (κ1) is 12.4.